The summed E-state index contributed by atoms with van der Waals surface area (Å²) in [6.07, 6.45) is 1.08. The van der Waals surface area contributed by atoms with Gasteiger partial charge < -0.3 is 5.73 Å². The predicted octanol–water partition coefficient (Wildman–Crippen LogP) is -1.25. The molecule has 3 aliphatic rings. The zero-order valence-electron chi connectivity index (χ0n) is 5.39. The van der Waals surface area contributed by atoms with Gasteiger partial charge in [-0.3, -0.25) is 14.9 Å². The van der Waals surface area contributed by atoms with E-state index in [9.17, 15) is 9.59 Å². The molecule has 2 bridgehead atoms. The van der Waals surface area contributed by atoms with Crippen molar-refractivity contribution in [3.8, 4) is 0 Å². The van der Waals surface area contributed by atoms with E-state index in [0.29, 0.717) is 12.8 Å². The first-order chi connectivity index (χ1) is 4.62. The van der Waals surface area contributed by atoms with Crippen molar-refractivity contribution in [3.63, 3.8) is 0 Å². The second-order valence-corrected chi connectivity index (χ2v) is 3.08. The highest BCUT2D eigenvalue weighted by Crippen LogP contribution is 2.39. The van der Waals surface area contributed by atoms with Gasteiger partial charge in [-0.15, -0.1) is 0 Å². The summed E-state index contributed by atoms with van der Waals surface area (Å²) in [6, 6.07) is 0. The molecule has 0 spiro atoms. The summed E-state index contributed by atoms with van der Waals surface area (Å²) in [6.45, 7) is 0. The number of hydrogen-bond donors (Lipinski definition) is 2. The minimum Gasteiger partial charge on any atom is -0.317 e. The van der Waals surface area contributed by atoms with Crippen LogP contribution in [-0.2, 0) is 9.59 Å². The molecule has 1 aliphatic carbocycles. The Kier molecular flexibility index (Phi) is 0.817. The predicted molar refractivity (Wildman–Crippen MR) is 32.8 cm³/mol. The summed E-state index contributed by atoms with van der Waals surface area (Å²) in [5, 5.41) is 2.22. The van der Waals surface area contributed by atoms with Crippen molar-refractivity contribution in [2.75, 3.05) is 0 Å². The van der Waals surface area contributed by atoms with Crippen LogP contribution in [0.4, 0.5) is 0 Å². The molecule has 2 amide bonds. The number of nitrogens with one attached hydrogen (secondary N) is 1. The van der Waals surface area contributed by atoms with Gasteiger partial charge in [0.2, 0.25) is 11.8 Å². The fourth-order valence-electron chi connectivity index (χ4n) is 1.53. The monoisotopic (exact) mass is 140 g/mol. The lowest BCUT2D eigenvalue weighted by Gasteiger charge is -2.46. The number of carbonyl (C=O) groups excluding carboxylic acids is 2. The van der Waals surface area contributed by atoms with Crippen molar-refractivity contribution in [2.24, 2.45) is 11.7 Å². The fraction of sp³-hybridized carbons (Fsp3) is 0.667. The third-order valence-electron chi connectivity index (χ3n) is 2.28. The number of nitrogens with two attached hydrogens (primary N) is 1. The highest BCUT2D eigenvalue weighted by atomic mass is 16.2. The van der Waals surface area contributed by atoms with Crippen LogP contribution in [-0.4, -0.2) is 17.4 Å². The highest BCUT2D eigenvalue weighted by molar-refractivity contribution is 6.06. The molecule has 0 aromatic carbocycles. The molecule has 0 radical (unpaired) electrons. The largest absolute Gasteiger partial charge is 0.317 e. The lowest BCUT2D eigenvalue weighted by atomic mass is 9.65. The summed E-state index contributed by atoms with van der Waals surface area (Å²) in [5.41, 5.74) is 4.88. The molecular formula is C6H8N2O2. The van der Waals surface area contributed by atoms with Crippen LogP contribution in [0.25, 0.3) is 0 Å². The van der Waals surface area contributed by atoms with Gasteiger partial charge in [-0.2, -0.15) is 0 Å². The molecule has 0 unspecified atom stereocenters. The maximum absolute atomic E-state index is 10.9. The third kappa shape index (κ3) is 0.495. The third-order valence-corrected chi connectivity index (χ3v) is 2.28. The van der Waals surface area contributed by atoms with Crippen molar-refractivity contribution in [1.82, 2.24) is 5.32 Å². The molecule has 54 valence electrons. The Morgan fingerprint density at radius 2 is 2.10 bits per heavy atom. The van der Waals surface area contributed by atoms with Gasteiger partial charge in [-0.05, 0) is 12.8 Å². The molecule has 0 aromatic heterocycles. The number of hydrogen-bond acceptors (Lipinski definition) is 3. The standard InChI is InChI=1S/C6H8N2O2/c7-6-1-3(2-6)4(9)8-5(6)10/h3H,1-2,7H2,(H,8,9,10). The van der Waals surface area contributed by atoms with Gasteiger partial charge >= 0.3 is 0 Å². The molecule has 2 heterocycles. The molecular weight excluding hydrogens is 132 g/mol. The molecule has 0 aromatic rings. The number of amides is 2. The van der Waals surface area contributed by atoms with Crippen molar-refractivity contribution in [3.05, 3.63) is 0 Å². The van der Waals surface area contributed by atoms with Gasteiger partial charge in [0.25, 0.3) is 0 Å². The van der Waals surface area contributed by atoms with Crippen LogP contribution >= 0.6 is 0 Å². The second kappa shape index (κ2) is 1.40. The summed E-state index contributed by atoms with van der Waals surface area (Å²) in [7, 11) is 0. The Morgan fingerprint density at radius 3 is 2.50 bits per heavy atom. The molecule has 2 aliphatic heterocycles. The molecule has 4 nitrogen and oxygen atoms in total. The average molecular weight is 140 g/mol. The topological polar surface area (TPSA) is 72.2 Å². The number of imide groups is 1. The van der Waals surface area contributed by atoms with Crippen LogP contribution in [0.5, 0.6) is 0 Å². The zero-order valence-corrected chi connectivity index (χ0v) is 5.39. The van der Waals surface area contributed by atoms with Gasteiger partial charge in [0, 0.05) is 5.92 Å². The van der Waals surface area contributed by atoms with E-state index in [1.165, 1.54) is 0 Å². The van der Waals surface area contributed by atoms with Gasteiger partial charge in [0.1, 0.15) is 0 Å². The fourth-order valence-corrected chi connectivity index (χ4v) is 1.53. The van der Waals surface area contributed by atoms with E-state index in [-0.39, 0.29) is 17.7 Å². The molecule has 2 saturated heterocycles. The number of carbonyl (C=O) groups is 2. The Balaban J connectivity index is 2.27. The smallest absolute Gasteiger partial charge is 0.246 e. The average Bonchev–Trinajstić information content (AvgIpc) is 1.76. The number of fused-ring (bicyclic) bond motifs is 2. The van der Waals surface area contributed by atoms with E-state index < -0.39 is 5.54 Å². The van der Waals surface area contributed by atoms with E-state index in [2.05, 4.69) is 5.32 Å². The Bertz CT molecular complexity index is 218. The zero-order chi connectivity index (χ0) is 7.35. The second-order valence-electron chi connectivity index (χ2n) is 3.08. The van der Waals surface area contributed by atoms with Crippen molar-refractivity contribution in [1.29, 1.82) is 0 Å². The summed E-state index contributed by atoms with van der Waals surface area (Å²) in [4.78, 5) is 21.7. The number of piperidine rings is 2. The van der Waals surface area contributed by atoms with Gasteiger partial charge in [-0.25, -0.2) is 0 Å². The molecule has 4 heteroatoms. The van der Waals surface area contributed by atoms with Gasteiger partial charge in [-0.1, -0.05) is 0 Å². The maximum Gasteiger partial charge on any atom is 0.246 e. The first-order valence-electron chi connectivity index (χ1n) is 3.26. The molecule has 3 N–H and O–H groups in total. The molecule has 1 saturated carbocycles. The van der Waals surface area contributed by atoms with E-state index >= 15 is 0 Å². The van der Waals surface area contributed by atoms with Crippen LogP contribution in [0.15, 0.2) is 0 Å². The first kappa shape index (κ1) is 5.85. The van der Waals surface area contributed by atoms with E-state index in [1.54, 1.807) is 0 Å². The number of rotatable bonds is 0. The molecule has 10 heavy (non-hydrogen) atoms. The summed E-state index contributed by atoms with van der Waals surface area (Å²) in [5.74, 6) is -0.458. The highest BCUT2D eigenvalue weighted by Gasteiger charge is 2.54. The van der Waals surface area contributed by atoms with Crippen molar-refractivity contribution >= 4 is 11.8 Å². The van der Waals surface area contributed by atoms with Crippen molar-refractivity contribution < 1.29 is 9.59 Å². The Labute approximate surface area is 57.8 Å². The minimum atomic E-state index is -0.710. The van der Waals surface area contributed by atoms with E-state index in [4.69, 9.17) is 5.73 Å². The first-order valence-corrected chi connectivity index (χ1v) is 3.26. The van der Waals surface area contributed by atoms with Crippen LogP contribution in [0.1, 0.15) is 12.8 Å². The minimum absolute atomic E-state index is 0.00250. The van der Waals surface area contributed by atoms with Crippen LogP contribution in [0, 0.1) is 5.92 Å². The summed E-state index contributed by atoms with van der Waals surface area (Å²) >= 11 is 0. The lowest BCUT2D eigenvalue weighted by molar-refractivity contribution is -0.150. The van der Waals surface area contributed by atoms with Crippen LogP contribution < -0.4 is 11.1 Å². The van der Waals surface area contributed by atoms with Gasteiger partial charge in [0.15, 0.2) is 0 Å². The van der Waals surface area contributed by atoms with Gasteiger partial charge in [0.05, 0.1) is 5.54 Å². The van der Waals surface area contributed by atoms with Crippen molar-refractivity contribution in [2.45, 2.75) is 18.4 Å². The Morgan fingerprint density at radius 1 is 1.50 bits per heavy atom. The molecule has 3 rings (SSSR count). The van der Waals surface area contributed by atoms with Crippen LogP contribution in [0.2, 0.25) is 0 Å². The van der Waals surface area contributed by atoms with E-state index in [0.717, 1.165) is 0 Å². The summed E-state index contributed by atoms with van der Waals surface area (Å²) < 4.78 is 0. The SMILES string of the molecule is NC12CC(C1)C(=O)NC2=O. The Hall–Kier alpha value is -0.900. The normalized spacial score (nSPS) is 44.3. The molecule has 0 atom stereocenters. The quantitative estimate of drug-likeness (QED) is 0.413. The molecule has 3 fully saturated rings. The maximum atomic E-state index is 10.9. The van der Waals surface area contributed by atoms with Crippen LogP contribution in [0.3, 0.4) is 0 Å². The van der Waals surface area contributed by atoms with E-state index in [1.807, 2.05) is 0 Å². The lowest BCUT2D eigenvalue weighted by Crippen LogP contribution is -2.70.